The number of alkyl carbamates (subject to hydrolysis) is 1. The van der Waals surface area contributed by atoms with Gasteiger partial charge in [0.05, 0.1) is 7.11 Å². The molecule has 4 aromatic rings. The van der Waals surface area contributed by atoms with Crippen LogP contribution in [-0.2, 0) is 22.7 Å². The third-order valence-corrected chi connectivity index (χ3v) is 5.83. The van der Waals surface area contributed by atoms with E-state index >= 15 is 0 Å². The number of methoxy groups -OCH3 is 1. The molecule has 0 saturated carbocycles. The van der Waals surface area contributed by atoms with Crippen molar-refractivity contribution < 1.29 is 19.1 Å². The largest absolute Gasteiger partial charge is 0.496 e. The highest BCUT2D eigenvalue weighted by atomic mass is 16.5. The molecule has 188 valence electrons. The molecule has 0 bridgehead atoms. The summed E-state index contributed by atoms with van der Waals surface area (Å²) in [5.74, 6) is 0.336. The minimum absolute atomic E-state index is 0.0896. The van der Waals surface area contributed by atoms with Crippen molar-refractivity contribution in [3.63, 3.8) is 0 Å². The van der Waals surface area contributed by atoms with Gasteiger partial charge in [0.15, 0.2) is 0 Å². The summed E-state index contributed by atoms with van der Waals surface area (Å²) < 4.78 is 10.8. The fraction of sp³-hybridized carbons (Fsp3) is 0.133. The van der Waals surface area contributed by atoms with Crippen LogP contribution in [-0.4, -0.2) is 19.1 Å². The lowest BCUT2D eigenvalue weighted by Crippen LogP contribution is -2.37. The van der Waals surface area contributed by atoms with E-state index in [0.717, 1.165) is 28.0 Å². The Morgan fingerprint density at radius 3 is 2.27 bits per heavy atom. The fourth-order valence-corrected chi connectivity index (χ4v) is 3.91. The first-order chi connectivity index (χ1) is 18.1. The van der Waals surface area contributed by atoms with Gasteiger partial charge in [-0.2, -0.15) is 0 Å². The van der Waals surface area contributed by atoms with Gasteiger partial charge in [0.25, 0.3) is 5.91 Å². The molecule has 0 radical (unpaired) electrons. The summed E-state index contributed by atoms with van der Waals surface area (Å²) in [6, 6.07) is 30.7. The summed E-state index contributed by atoms with van der Waals surface area (Å²) >= 11 is 0. The molecule has 0 fully saturated rings. The minimum Gasteiger partial charge on any atom is -0.496 e. The van der Waals surface area contributed by atoms with Crippen LogP contribution in [0.15, 0.2) is 103 Å². The summed E-state index contributed by atoms with van der Waals surface area (Å²) in [6.45, 7) is 0.438. The first-order valence-electron chi connectivity index (χ1n) is 11.9. The summed E-state index contributed by atoms with van der Waals surface area (Å²) in [5, 5.41) is 5.59. The second kappa shape index (κ2) is 12.4. The molecule has 0 aliphatic carbocycles. The lowest BCUT2D eigenvalue weighted by Gasteiger charge is -2.20. The number of nitrogens with two attached hydrogens (primary N) is 1. The van der Waals surface area contributed by atoms with E-state index in [0.29, 0.717) is 17.8 Å². The van der Waals surface area contributed by atoms with Gasteiger partial charge in [0, 0.05) is 17.8 Å². The molecule has 4 aromatic carbocycles. The lowest BCUT2D eigenvalue weighted by molar-refractivity contribution is -0.118. The van der Waals surface area contributed by atoms with Gasteiger partial charge in [0.2, 0.25) is 0 Å². The summed E-state index contributed by atoms with van der Waals surface area (Å²) in [7, 11) is 1.62. The van der Waals surface area contributed by atoms with E-state index in [1.54, 1.807) is 31.4 Å². The minimum atomic E-state index is -0.989. The van der Waals surface area contributed by atoms with Crippen LogP contribution in [0.3, 0.4) is 0 Å². The number of amides is 2. The van der Waals surface area contributed by atoms with Crippen LogP contribution in [0, 0.1) is 0 Å². The summed E-state index contributed by atoms with van der Waals surface area (Å²) in [5.41, 5.74) is 10.5. The molecule has 0 aliphatic rings. The van der Waals surface area contributed by atoms with Crippen molar-refractivity contribution in [1.29, 1.82) is 0 Å². The predicted molar refractivity (Wildman–Crippen MR) is 144 cm³/mol. The van der Waals surface area contributed by atoms with Gasteiger partial charge in [0.1, 0.15) is 18.4 Å². The number of anilines is 1. The predicted octanol–water partition coefficient (Wildman–Crippen LogP) is 5.43. The molecule has 1 atom stereocenters. The zero-order valence-corrected chi connectivity index (χ0v) is 20.5. The number of rotatable bonds is 9. The molecular weight excluding hydrogens is 466 g/mol. The smallest absolute Gasteiger partial charge is 0.408 e. The van der Waals surface area contributed by atoms with Gasteiger partial charge in [-0.15, -0.1) is 0 Å². The highest BCUT2D eigenvalue weighted by Crippen LogP contribution is 2.30. The van der Waals surface area contributed by atoms with Gasteiger partial charge in [-0.1, -0.05) is 84.9 Å². The maximum absolute atomic E-state index is 13.3. The highest BCUT2D eigenvalue weighted by Gasteiger charge is 2.24. The van der Waals surface area contributed by atoms with Gasteiger partial charge in [-0.3, -0.25) is 4.79 Å². The van der Waals surface area contributed by atoms with Crippen molar-refractivity contribution >= 4 is 17.7 Å². The Hall–Kier alpha value is -4.62. The summed E-state index contributed by atoms with van der Waals surface area (Å²) in [4.78, 5) is 26.0. The molecule has 7 heteroatoms. The first kappa shape index (κ1) is 25.5. The van der Waals surface area contributed by atoms with Crippen molar-refractivity contribution in [2.45, 2.75) is 19.2 Å². The van der Waals surface area contributed by atoms with Crippen molar-refractivity contribution in [2.75, 3.05) is 12.4 Å². The SMILES string of the molecule is COc1ccccc1-c1ccc([C@@H](NC(=O)OCc2ccccc2)C(=O)Nc2cccc(CN)c2)cc1. The molecule has 0 heterocycles. The van der Waals surface area contributed by atoms with Crippen molar-refractivity contribution in [3.05, 3.63) is 120 Å². The van der Waals surface area contributed by atoms with E-state index in [1.165, 1.54) is 0 Å². The number of hydrogen-bond donors (Lipinski definition) is 3. The zero-order chi connectivity index (χ0) is 26.0. The number of carbonyl (C=O) groups is 2. The Morgan fingerprint density at radius 1 is 0.838 bits per heavy atom. The average Bonchev–Trinajstić information content (AvgIpc) is 2.95. The van der Waals surface area contributed by atoms with Crippen molar-refractivity contribution in [1.82, 2.24) is 5.32 Å². The number of benzene rings is 4. The third-order valence-electron chi connectivity index (χ3n) is 5.83. The third kappa shape index (κ3) is 6.74. The van der Waals surface area contributed by atoms with Crippen molar-refractivity contribution in [2.24, 2.45) is 5.73 Å². The number of para-hydroxylation sites is 1. The van der Waals surface area contributed by atoms with Crippen LogP contribution in [0.25, 0.3) is 11.1 Å². The quantitative estimate of drug-likeness (QED) is 0.287. The highest BCUT2D eigenvalue weighted by molar-refractivity contribution is 5.97. The number of nitrogens with one attached hydrogen (secondary N) is 2. The van der Waals surface area contributed by atoms with Crippen LogP contribution in [0.4, 0.5) is 10.5 Å². The topological polar surface area (TPSA) is 103 Å². The molecule has 4 rings (SSSR count). The second-order valence-electron chi connectivity index (χ2n) is 8.36. The van der Waals surface area contributed by atoms with Crippen LogP contribution in [0.5, 0.6) is 5.75 Å². The van der Waals surface area contributed by atoms with E-state index in [9.17, 15) is 9.59 Å². The van der Waals surface area contributed by atoms with E-state index in [1.807, 2.05) is 78.9 Å². The standard InChI is InChI=1S/C30H29N3O4/c1-36-27-13-6-5-12-26(27)23-14-16-24(17-15-23)28(29(34)32-25-11-7-10-22(18-25)19-31)33-30(35)37-20-21-8-3-2-4-9-21/h2-18,28H,19-20,31H2,1H3,(H,32,34)(H,33,35)/t28-/m1/s1. The molecular formula is C30H29N3O4. The van der Waals surface area contributed by atoms with E-state index < -0.39 is 18.0 Å². The van der Waals surface area contributed by atoms with Crippen LogP contribution >= 0.6 is 0 Å². The molecule has 7 nitrogen and oxygen atoms in total. The Labute approximate surface area is 216 Å². The fourth-order valence-electron chi connectivity index (χ4n) is 3.91. The van der Waals surface area contributed by atoms with Gasteiger partial charge >= 0.3 is 6.09 Å². The maximum Gasteiger partial charge on any atom is 0.408 e. The van der Waals surface area contributed by atoms with E-state index in [2.05, 4.69) is 10.6 Å². The molecule has 0 unspecified atom stereocenters. The molecule has 2 amide bonds. The molecule has 0 saturated heterocycles. The van der Waals surface area contributed by atoms with Gasteiger partial charge in [-0.05, 0) is 40.5 Å². The second-order valence-corrected chi connectivity index (χ2v) is 8.36. The number of carbonyl (C=O) groups excluding carboxylic acids is 2. The van der Waals surface area contributed by atoms with Gasteiger partial charge in [-0.25, -0.2) is 4.79 Å². The number of ether oxygens (including phenoxy) is 2. The summed E-state index contributed by atoms with van der Waals surface area (Å²) in [6.07, 6.45) is -0.700. The van der Waals surface area contributed by atoms with Crippen LogP contribution in [0.2, 0.25) is 0 Å². The van der Waals surface area contributed by atoms with E-state index in [-0.39, 0.29) is 6.61 Å². The molecule has 4 N–H and O–H groups in total. The van der Waals surface area contributed by atoms with E-state index in [4.69, 9.17) is 15.2 Å². The zero-order valence-electron chi connectivity index (χ0n) is 20.5. The monoisotopic (exact) mass is 495 g/mol. The molecule has 0 spiro atoms. The first-order valence-corrected chi connectivity index (χ1v) is 11.9. The molecule has 0 aliphatic heterocycles. The van der Waals surface area contributed by atoms with Crippen LogP contribution < -0.4 is 21.1 Å². The van der Waals surface area contributed by atoms with Crippen molar-refractivity contribution in [3.8, 4) is 16.9 Å². The van der Waals surface area contributed by atoms with Gasteiger partial charge < -0.3 is 25.8 Å². The Morgan fingerprint density at radius 2 is 1.54 bits per heavy atom. The molecule has 0 aromatic heterocycles. The maximum atomic E-state index is 13.3. The Kier molecular flexibility index (Phi) is 8.52. The average molecular weight is 496 g/mol. The Bertz CT molecular complexity index is 1340. The van der Waals surface area contributed by atoms with Crippen LogP contribution in [0.1, 0.15) is 22.7 Å². The Balaban J connectivity index is 1.56. The number of hydrogen-bond acceptors (Lipinski definition) is 5. The normalized spacial score (nSPS) is 11.3. The molecule has 37 heavy (non-hydrogen) atoms. The lowest BCUT2D eigenvalue weighted by atomic mass is 9.99.